The average Bonchev–Trinajstić information content (AvgIpc) is 2.74. The molecule has 8 heteroatoms. The van der Waals surface area contributed by atoms with Crippen molar-refractivity contribution >= 4 is 15.9 Å². The molecule has 29 heavy (non-hydrogen) atoms. The Labute approximate surface area is 172 Å². The lowest BCUT2D eigenvalue weighted by Gasteiger charge is -2.35. The molecule has 1 fully saturated rings. The molecule has 0 aromatic heterocycles. The van der Waals surface area contributed by atoms with Crippen molar-refractivity contribution in [3.63, 3.8) is 0 Å². The van der Waals surface area contributed by atoms with Gasteiger partial charge in [-0.2, -0.15) is 0 Å². The number of sulfonamides is 1. The van der Waals surface area contributed by atoms with Crippen LogP contribution in [0, 0.1) is 6.92 Å². The molecule has 3 rings (SSSR count). The van der Waals surface area contributed by atoms with Gasteiger partial charge in [0, 0.05) is 38.3 Å². The van der Waals surface area contributed by atoms with E-state index >= 15 is 0 Å². The van der Waals surface area contributed by atoms with E-state index in [1.165, 1.54) is 31.3 Å². The molecule has 0 bridgehead atoms. The number of nitrogens with one attached hydrogen (secondary N) is 2. The van der Waals surface area contributed by atoms with E-state index in [2.05, 4.69) is 21.0 Å². The summed E-state index contributed by atoms with van der Waals surface area (Å²) in [6, 6.07) is 14.0. The molecule has 1 atom stereocenters. The van der Waals surface area contributed by atoms with Gasteiger partial charge in [0.15, 0.2) is 0 Å². The molecule has 7 nitrogen and oxygen atoms in total. The van der Waals surface area contributed by atoms with Crippen LogP contribution in [0.25, 0.3) is 0 Å². The van der Waals surface area contributed by atoms with Crippen molar-refractivity contribution in [1.29, 1.82) is 0 Å². The molecule has 1 amide bonds. The molecule has 1 aliphatic rings. The maximum absolute atomic E-state index is 12.8. The van der Waals surface area contributed by atoms with Gasteiger partial charge in [0.1, 0.15) is 0 Å². The molecule has 0 spiro atoms. The Bertz CT molecular complexity index is 939. The molecular formula is C21H27N3O4S. The number of hydrogen-bond acceptors (Lipinski definition) is 5. The SMILES string of the molecule is CNC(=O)c1ccc(S(=O)(=O)NCC(c2cccc(C)c2)N2CCOCC2)cc1. The van der Waals surface area contributed by atoms with E-state index in [0.29, 0.717) is 18.8 Å². The molecule has 0 radical (unpaired) electrons. The second kappa shape index (κ2) is 9.49. The summed E-state index contributed by atoms with van der Waals surface area (Å²) >= 11 is 0. The first kappa shape index (κ1) is 21.4. The molecule has 2 aromatic rings. The lowest BCUT2D eigenvalue weighted by molar-refractivity contribution is 0.0172. The molecule has 1 unspecified atom stereocenters. The molecule has 1 aliphatic heterocycles. The fraction of sp³-hybridized carbons (Fsp3) is 0.381. The number of carbonyl (C=O) groups is 1. The monoisotopic (exact) mass is 417 g/mol. The first-order valence-corrected chi connectivity index (χ1v) is 11.1. The summed E-state index contributed by atoms with van der Waals surface area (Å²) < 4.78 is 33.8. The Morgan fingerprint density at radius 1 is 1.14 bits per heavy atom. The van der Waals surface area contributed by atoms with Gasteiger partial charge in [0.2, 0.25) is 10.0 Å². The standard InChI is InChI=1S/C21H27N3O4S/c1-16-4-3-5-18(14-16)20(24-10-12-28-13-11-24)15-23-29(26,27)19-8-6-17(7-9-19)21(25)22-2/h3-9,14,20,23H,10-13,15H2,1-2H3,(H,22,25). The van der Waals surface area contributed by atoms with Crippen molar-refractivity contribution in [1.82, 2.24) is 14.9 Å². The number of ether oxygens (including phenoxy) is 1. The van der Waals surface area contributed by atoms with Gasteiger partial charge in [-0.15, -0.1) is 0 Å². The Morgan fingerprint density at radius 2 is 1.83 bits per heavy atom. The van der Waals surface area contributed by atoms with E-state index in [-0.39, 0.29) is 23.4 Å². The smallest absolute Gasteiger partial charge is 0.251 e. The lowest BCUT2D eigenvalue weighted by atomic mass is 10.0. The number of morpholine rings is 1. The number of nitrogens with zero attached hydrogens (tertiary/aromatic N) is 1. The highest BCUT2D eigenvalue weighted by atomic mass is 32.2. The summed E-state index contributed by atoms with van der Waals surface area (Å²) in [7, 11) is -2.17. The maximum Gasteiger partial charge on any atom is 0.251 e. The Balaban J connectivity index is 1.77. The van der Waals surface area contributed by atoms with Crippen molar-refractivity contribution in [2.24, 2.45) is 0 Å². The van der Waals surface area contributed by atoms with Gasteiger partial charge >= 0.3 is 0 Å². The first-order valence-electron chi connectivity index (χ1n) is 9.61. The quantitative estimate of drug-likeness (QED) is 0.716. The van der Waals surface area contributed by atoms with Crippen LogP contribution in [-0.4, -0.2) is 59.1 Å². The zero-order valence-corrected chi connectivity index (χ0v) is 17.5. The first-order chi connectivity index (χ1) is 13.9. The predicted molar refractivity (Wildman–Crippen MR) is 111 cm³/mol. The topological polar surface area (TPSA) is 87.7 Å². The second-order valence-electron chi connectivity index (χ2n) is 7.03. The normalized spacial score (nSPS) is 16.3. The van der Waals surface area contributed by atoms with Gasteiger partial charge in [-0.3, -0.25) is 9.69 Å². The zero-order valence-electron chi connectivity index (χ0n) is 16.7. The zero-order chi connectivity index (χ0) is 20.9. The van der Waals surface area contributed by atoms with Crippen LogP contribution in [0.3, 0.4) is 0 Å². The van der Waals surface area contributed by atoms with Gasteiger partial charge in [-0.05, 0) is 36.8 Å². The van der Waals surface area contributed by atoms with Crippen LogP contribution in [0.2, 0.25) is 0 Å². The minimum atomic E-state index is -3.70. The van der Waals surface area contributed by atoms with Gasteiger partial charge in [-0.25, -0.2) is 13.1 Å². The molecule has 0 saturated carbocycles. The molecule has 1 heterocycles. The number of carbonyl (C=O) groups excluding carboxylic acids is 1. The third-order valence-electron chi connectivity index (χ3n) is 5.03. The van der Waals surface area contributed by atoms with Crippen molar-refractivity contribution < 1.29 is 17.9 Å². The van der Waals surface area contributed by atoms with Crippen LogP contribution in [-0.2, 0) is 14.8 Å². The van der Waals surface area contributed by atoms with E-state index < -0.39 is 10.0 Å². The van der Waals surface area contributed by atoms with Crippen LogP contribution in [0.4, 0.5) is 0 Å². The Hall–Kier alpha value is -2.26. The number of benzene rings is 2. The fourth-order valence-electron chi connectivity index (χ4n) is 3.43. The largest absolute Gasteiger partial charge is 0.379 e. The summed E-state index contributed by atoms with van der Waals surface area (Å²) in [6.07, 6.45) is 0. The number of rotatable bonds is 7. The number of amides is 1. The van der Waals surface area contributed by atoms with Crippen molar-refractivity contribution in [2.75, 3.05) is 39.9 Å². The Kier molecular flexibility index (Phi) is 7.02. The van der Waals surface area contributed by atoms with Gasteiger partial charge < -0.3 is 10.1 Å². The molecule has 2 N–H and O–H groups in total. The van der Waals surface area contributed by atoms with E-state index in [0.717, 1.165) is 24.2 Å². The molecule has 2 aromatic carbocycles. The molecule has 0 aliphatic carbocycles. The van der Waals surface area contributed by atoms with Crippen molar-refractivity contribution in [3.05, 3.63) is 65.2 Å². The minimum absolute atomic E-state index is 0.0845. The summed E-state index contributed by atoms with van der Waals surface area (Å²) in [5.41, 5.74) is 2.62. The van der Waals surface area contributed by atoms with E-state index in [4.69, 9.17) is 4.74 Å². The van der Waals surface area contributed by atoms with E-state index in [9.17, 15) is 13.2 Å². The lowest BCUT2D eigenvalue weighted by Crippen LogP contribution is -2.43. The minimum Gasteiger partial charge on any atom is -0.379 e. The average molecular weight is 418 g/mol. The van der Waals surface area contributed by atoms with Crippen LogP contribution in [0.1, 0.15) is 27.5 Å². The summed E-state index contributed by atoms with van der Waals surface area (Å²) in [5, 5.41) is 2.52. The molecule has 1 saturated heterocycles. The van der Waals surface area contributed by atoms with Gasteiger partial charge in [-0.1, -0.05) is 29.8 Å². The van der Waals surface area contributed by atoms with E-state index in [1.54, 1.807) is 0 Å². The highest BCUT2D eigenvalue weighted by molar-refractivity contribution is 7.89. The van der Waals surface area contributed by atoms with Crippen LogP contribution in [0.15, 0.2) is 53.4 Å². The predicted octanol–water partition coefficient (Wildman–Crippen LogP) is 1.71. The highest BCUT2D eigenvalue weighted by Crippen LogP contribution is 2.23. The van der Waals surface area contributed by atoms with Crippen molar-refractivity contribution in [2.45, 2.75) is 17.9 Å². The number of hydrogen-bond donors (Lipinski definition) is 2. The van der Waals surface area contributed by atoms with Crippen LogP contribution < -0.4 is 10.0 Å². The van der Waals surface area contributed by atoms with Crippen LogP contribution >= 0.6 is 0 Å². The molecule has 156 valence electrons. The van der Waals surface area contributed by atoms with E-state index in [1.807, 2.05) is 25.1 Å². The van der Waals surface area contributed by atoms with Crippen molar-refractivity contribution in [3.8, 4) is 0 Å². The third-order valence-corrected chi connectivity index (χ3v) is 6.47. The second-order valence-corrected chi connectivity index (χ2v) is 8.80. The van der Waals surface area contributed by atoms with Crippen LogP contribution in [0.5, 0.6) is 0 Å². The number of aryl methyl sites for hydroxylation is 1. The van der Waals surface area contributed by atoms with Gasteiger partial charge in [0.05, 0.1) is 18.1 Å². The summed E-state index contributed by atoms with van der Waals surface area (Å²) in [4.78, 5) is 14.0. The van der Waals surface area contributed by atoms with Gasteiger partial charge in [0.25, 0.3) is 5.91 Å². The third kappa shape index (κ3) is 5.42. The fourth-order valence-corrected chi connectivity index (χ4v) is 4.46. The Morgan fingerprint density at radius 3 is 2.45 bits per heavy atom. The maximum atomic E-state index is 12.8. The summed E-state index contributed by atoms with van der Waals surface area (Å²) in [5.74, 6) is -0.256. The highest BCUT2D eigenvalue weighted by Gasteiger charge is 2.25. The summed E-state index contributed by atoms with van der Waals surface area (Å²) in [6.45, 7) is 5.05. The molecular weight excluding hydrogens is 390 g/mol.